The van der Waals surface area contributed by atoms with Gasteiger partial charge in [0.05, 0.1) is 5.92 Å². The molecule has 0 bridgehead atoms. The molecular weight excluding hydrogens is 108 g/mol. The lowest BCUT2D eigenvalue weighted by Gasteiger charge is -1.92. The summed E-state index contributed by atoms with van der Waals surface area (Å²) in [4.78, 5) is 0. The fourth-order valence-corrected chi connectivity index (χ4v) is 0.465. The molecule has 0 aliphatic rings. The van der Waals surface area contributed by atoms with Crippen LogP contribution in [0.1, 0.15) is 26.7 Å². The molecule has 0 spiro atoms. The maximum absolute atomic E-state index is 6.79. The van der Waals surface area contributed by atoms with Gasteiger partial charge < -0.3 is 0 Å². The Morgan fingerprint density at radius 3 is 2.44 bits per heavy atom. The first-order valence-electron chi connectivity index (χ1n) is 3.25. The standard InChI is InChI=1S/C9H11/c1-4-7-8-9(5-2)6-3/h9H,4-5H2,1-2H3. The van der Waals surface area contributed by atoms with Gasteiger partial charge in [-0.05, 0) is 12.8 Å². The van der Waals surface area contributed by atoms with Gasteiger partial charge in [-0.25, -0.2) is 0 Å². The molecule has 0 rings (SSSR count). The third kappa shape index (κ3) is 3.68. The lowest BCUT2D eigenvalue weighted by atomic mass is 10.1. The highest BCUT2D eigenvalue weighted by Gasteiger charge is 1.91. The lowest BCUT2D eigenvalue weighted by Crippen LogP contribution is -1.87. The third-order valence-corrected chi connectivity index (χ3v) is 1.04. The molecule has 0 fully saturated rings. The normalized spacial score (nSPS) is 10.8. The van der Waals surface area contributed by atoms with E-state index in [0.29, 0.717) is 0 Å². The predicted molar refractivity (Wildman–Crippen MR) is 39.0 cm³/mol. The predicted octanol–water partition coefficient (Wildman–Crippen LogP) is 2.02. The molecule has 0 aliphatic carbocycles. The summed E-state index contributed by atoms with van der Waals surface area (Å²) in [5.41, 5.74) is 0. The van der Waals surface area contributed by atoms with Crippen LogP contribution < -0.4 is 0 Å². The van der Waals surface area contributed by atoms with Gasteiger partial charge in [0, 0.05) is 6.42 Å². The van der Waals surface area contributed by atoms with Crippen LogP contribution in [0.5, 0.6) is 0 Å². The molecule has 0 nitrogen and oxygen atoms in total. The van der Waals surface area contributed by atoms with Crippen LogP contribution in [0.15, 0.2) is 0 Å². The molecule has 9 heavy (non-hydrogen) atoms. The van der Waals surface area contributed by atoms with Gasteiger partial charge in [0.1, 0.15) is 0 Å². The van der Waals surface area contributed by atoms with E-state index in [0.717, 1.165) is 12.8 Å². The Bertz CT molecular complexity index is 149. The van der Waals surface area contributed by atoms with Crippen molar-refractivity contribution >= 4 is 0 Å². The highest BCUT2D eigenvalue weighted by Crippen LogP contribution is 1.96. The summed E-state index contributed by atoms with van der Waals surface area (Å²) in [5.74, 6) is 8.26. The fourth-order valence-electron chi connectivity index (χ4n) is 0.465. The van der Waals surface area contributed by atoms with Crippen LogP contribution in [0.4, 0.5) is 0 Å². The summed E-state index contributed by atoms with van der Waals surface area (Å²) < 4.78 is 0. The zero-order chi connectivity index (χ0) is 7.11. The highest BCUT2D eigenvalue weighted by molar-refractivity contribution is 5.11. The Kier molecular flexibility index (Phi) is 4.75. The van der Waals surface area contributed by atoms with Gasteiger partial charge in [-0.15, -0.1) is 5.92 Å². The van der Waals surface area contributed by atoms with E-state index in [9.17, 15) is 0 Å². The van der Waals surface area contributed by atoms with E-state index in [1.54, 1.807) is 0 Å². The smallest absolute Gasteiger partial charge is 0.0819 e. The van der Waals surface area contributed by atoms with E-state index in [2.05, 4.69) is 17.8 Å². The molecule has 0 aromatic heterocycles. The van der Waals surface area contributed by atoms with Gasteiger partial charge >= 0.3 is 0 Å². The van der Waals surface area contributed by atoms with E-state index >= 15 is 0 Å². The number of hydrogen-bond acceptors (Lipinski definition) is 0. The highest BCUT2D eigenvalue weighted by atomic mass is 13.9. The molecule has 0 aromatic carbocycles. The second kappa shape index (κ2) is 5.26. The van der Waals surface area contributed by atoms with E-state index < -0.39 is 0 Å². The summed E-state index contributed by atoms with van der Waals surface area (Å²) >= 11 is 0. The zero-order valence-electron chi connectivity index (χ0n) is 5.99. The second-order valence-electron chi connectivity index (χ2n) is 1.78. The SMILES string of the molecule is [C]#CC(C#CCC)CC. The van der Waals surface area contributed by atoms with E-state index in [4.69, 9.17) is 6.42 Å². The third-order valence-electron chi connectivity index (χ3n) is 1.04. The Morgan fingerprint density at radius 1 is 1.44 bits per heavy atom. The first-order valence-corrected chi connectivity index (χ1v) is 3.25. The van der Waals surface area contributed by atoms with Crippen LogP contribution in [-0.2, 0) is 0 Å². The van der Waals surface area contributed by atoms with Crippen molar-refractivity contribution in [2.45, 2.75) is 26.7 Å². The maximum Gasteiger partial charge on any atom is 0.0819 e. The maximum atomic E-state index is 6.79. The molecule has 0 amide bonds. The summed E-state index contributed by atoms with van der Waals surface area (Å²) in [6.45, 7) is 4.01. The quantitative estimate of drug-likeness (QED) is 0.463. The Hall–Kier alpha value is -0.880. The minimum absolute atomic E-state index is 0.0601. The minimum atomic E-state index is 0.0601. The number of rotatable bonds is 1. The van der Waals surface area contributed by atoms with Crippen molar-refractivity contribution in [2.24, 2.45) is 5.92 Å². The average molecular weight is 119 g/mol. The van der Waals surface area contributed by atoms with Crippen molar-refractivity contribution in [1.29, 1.82) is 0 Å². The molecule has 0 N–H and O–H groups in total. The monoisotopic (exact) mass is 119 g/mol. The summed E-state index contributed by atoms with van der Waals surface area (Å²) in [7, 11) is 0. The van der Waals surface area contributed by atoms with Crippen LogP contribution >= 0.6 is 0 Å². The van der Waals surface area contributed by atoms with Crippen LogP contribution in [0.25, 0.3) is 0 Å². The largest absolute Gasteiger partial charge is 0.102 e. The van der Waals surface area contributed by atoms with Gasteiger partial charge in [-0.2, -0.15) is 0 Å². The van der Waals surface area contributed by atoms with E-state index in [1.165, 1.54) is 0 Å². The zero-order valence-corrected chi connectivity index (χ0v) is 5.99. The van der Waals surface area contributed by atoms with Crippen molar-refractivity contribution in [2.75, 3.05) is 0 Å². The lowest BCUT2D eigenvalue weighted by molar-refractivity contribution is 0.825. The molecule has 0 aromatic rings. The Morgan fingerprint density at radius 2 is 2.11 bits per heavy atom. The summed E-state index contributed by atoms with van der Waals surface area (Å²) in [5, 5.41) is 0. The Balaban J connectivity index is 3.72. The molecule has 1 atom stereocenters. The van der Waals surface area contributed by atoms with Crippen molar-refractivity contribution in [3.8, 4) is 17.8 Å². The molecule has 0 aliphatic heterocycles. The van der Waals surface area contributed by atoms with Gasteiger partial charge in [0.2, 0.25) is 0 Å². The summed E-state index contributed by atoms with van der Waals surface area (Å²) in [6.07, 6.45) is 8.56. The van der Waals surface area contributed by atoms with E-state index in [1.807, 2.05) is 13.8 Å². The number of hydrogen-bond donors (Lipinski definition) is 0. The van der Waals surface area contributed by atoms with E-state index in [-0.39, 0.29) is 5.92 Å². The van der Waals surface area contributed by atoms with Gasteiger partial charge in [0.25, 0.3) is 0 Å². The van der Waals surface area contributed by atoms with Gasteiger partial charge in [0.15, 0.2) is 0 Å². The van der Waals surface area contributed by atoms with Crippen LogP contribution in [0.3, 0.4) is 0 Å². The Labute approximate surface area is 57.7 Å². The van der Waals surface area contributed by atoms with Crippen molar-refractivity contribution < 1.29 is 0 Å². The molecule has 1 radical (unpaired) electrons. The molecular formula is C9H11. The summed E-state index contributed by atoms with van der Waals surface area (Å²) in [6, 6.07) is 0. The molecule has 0 saturated carbocycles. The molecule has 0 saturated heterocycles. The molecule has 47 valence electrons. The van der Waals surface area contributed by atoms with Crippen molar-refractivity contribution in [3.05, 3.63) is 6.42 Å². The molecule has 0 heteroatoms. The molecule has 1 unspecified atom stereocenters. The second-order valence-corrected chi connectivity index (χ2v) is 1.78. The van der Waals surface area contributed by atoms with Crippen molar-refractivity contribution in [3.63, 3.8) is 0 Å². The van der Waals surface area contributed by atoms with Crippen LogP contribution in [0.2, 0.25) is 0 Å². The van der Waals surface area contributed by atoms with Crippen LogP contribution in [-0.4, -0.2) is 0 Å². The topological polar surface area (TPSA) is 0 Å². The van der Waals surface area contributed by atoms with Crippen LogP contribution in [0, 0.1) is 30.1 Å². The van der Waals surface area contributed by atoms with Gasteiger partial charge in [-0.3, -0.25) is 0 Å². The van der Waals surface area contributed by atoms with Crippen molar-refractivity contribution in [1.82, 2.24) is 0 Å². The first kappa shape index (κ1) is 8.12. The fraction of sp³-hybridized carbons (Fsp3) is 0.556. The minimum Gasteiger partial charge on any atom is -0.102 e. The molecule has 0 heterocycles. The first-order chi connectivity index (χ1) is 4.35. The van der Waals surface area contributed by atoms with Gasteiger partial charge in [-0.1, -0.05) is 25.7 Å². The average Bonchev–Trinajstić information content (AvgIpc) is 1.91.